The summed E-state index contributed by atoms with van der Waals surface area (Å²) in [6.45, 7) is 0.795. The van der Waals surface area contributed by atoms with Gasteiger partial charge in [-0.25, -0.2) is 4.68 Å². The number of fused-ring (bicyclic) bond motifs is 1. The van der Waals surface area contributed by atoms with E-state index in [2.05, 4.69) is 10.3 Å². The fourth-order valence-corrected chi connectivity index (χ4v) is 2.98. The predicted molar refractivity (Wildman–Crippen MR) is 86.7 cm³/mol. The molecule has 0 amide bonds. The van der Waals surface area contributed by atoms with Crippen LogP contribution >= 0.6 is 0 Å². The van der Waals surface area contributed by atoms with Crippen molar-refractivity contribution in [2.24, 2.45) is 0 Å². The quantitative estimate of drug-likeness (QED) is 0.554. The third kappa shape index (κ3) is 3.75. The van der Waals surface area contributed by atoms with Gasteiger partial charge in [0.25, 0.3) is 10.1 Å². The van der Waals surface area contributed by atoms with Crippen LogP contribution < -0.4 is 0 Å². The highest BCUT2D eigenvalue weighted by Crippen LogP contribution is 2.14. The summed E-state index contributed by atoms with van der Waals surface area (Å²) >= 11 is 0. The van der Waals surface area contributed by atoms with Crippen LogP contribution in [0.15, 0.2) is 53.4 Å². The van der Waals surface area contributed by atoms with Crippen molar-refractivity contribution in [3.63, 3.8) is 0 Å². The van der Waals surface area contributed by atoms with E-state index < -0.39 is 10.1 Å². The van der Waals surface area contributed by atoms with Crippen molar-refractivity contribution >= 4 is 21.2 Å². The number of benzene rings is 2. The van der Waals surface area contributed by atoms with Crippen molar-refractivity contribution in [1.29, 1.82) is 0 Å². The normalized spacial score (nSPS) is 11.9. The minimum Gasteiger partial charge on any atom is -0.282 e. The number of aryl methyl sites for hydroxylation is 2. The zero-order valence-corrected chi connectivity index (χ0v) is 13.3. The Labute approximate surface area is 134 Å². The van der Waals surface area contributed by atoms with E-state index in [9.17, 15) is 8.42 Å². The Morgan fingerprint density at radius 3 is 2.48 bits per heavy atom. The summed E-state index contributed by atoms with van der Waals surface area (Å²) in [4.78, 5) is -0.0738. The summed E-state index contributed by atoms with van der Waals surface area (Å²) in [5.41, 5.74) is 2.97. The molecule has 0 saturated carbocycles. The van der Waals surface area contributed by atoms with Crippen LogP contribution in [0.5, 0.6) is 0 Å². The number of para-hydroxylation sites is 1. The second-order valence-electron chi connectivity index (χ2n) is 5.38. The first-order valence-corrected chi connectivity index (χ1v) is 8.83. The van der Waals surface area contributed by atoms with Crippen molar-refractivity contribution in [1.82, 2.24) is 15.0 Å². The molecule has 3 aromatic rings. The molecule has 120 valence electrons. The van der Waals surface area contributed by atoms with Crippen LogP contribution in [0.25, 0.3) is 11.0 Å². The van der Waals surface area contributed by atoms with Crippen molar-refractivity contribution in [2.75, 3.05) is 0 Å². The highest BCUT2D eigenvalue weighted by Gasteiger charge is 2.08. The second kappa shape index (κ2) is 6.47. The maximum Gasteiger partial charge on any atom is 0.294 e. The third-order valence-electron chi connectivity index (χ3n) is 3.73. The topological polar surface area (TPSA) is 85.1 Å². The predicted octanol–water partition coefficient (Wildman–Crippen LogP) is 2.70. The van der Waals surface area contributed by atoms with Crippen LogP contribution in [0.3, 0.4) is 0 Å². The average molecular weight is 331 g/mol. The van der Waals surface area contributed by atoms with Crippen molar-refractivity contribution < 1.29 is 13.0 Å². The maximum atomic E-state index is 11.0. The lowest BCUT2D eigenvalue weighted by molar-refractivity contribution is 0.483. The number of rotatable bonds is 6. The van der Waals surface area contributed by atoms with E-state index in [4.69, 9.17) is 4.55 Å². The Kier molecular flexibility index (Phi) is 4.40. The molecule has 1 N–H and O–H groups in total. The van der Waals surface area contributed by atoms with E-state index in [0.29, 0.717) is 0 Å². The first-order chi connectivity index (χ1) is 11.0. The van der Waals surface area contributed by atoms with E-state index in [0.717, 1.165) is 42.4 Å². The van der Waals surface area contributed by atoms with Crippen LogP contribution in [-0.2, 0) is 23.1 Å². The lowest BCUT2D eigenvalue weighted by Crippen LogP contribution is -2.01. The maximum absolute atomic E-state index is 11.0. The van der Waals surface area contributed by atoms with Gasteiger partial charge < -0.3 is 0 Å². The van der Waals surface area contributed by atoms with Gasteiger partial charge in [-0.1, -0.05) is 29.5 Å². The number of hydrogen-bond donors (Lipinski definition) is 1. The summed E-state index contributed by atoms with van der Waals surface area (Å²) in [5, 5.41) is 8.27. The van der Waals surface area contributed by atoms with Crippen molar-refractivity contribution in [3.8, 4) is 0 Å². The molecule has 0 fully saturated rings. The molecular weight excluding hydrogens is 314 g/mol. The molecule has 3 rings (SSSR count). The zero-order valence-electron chi connectivity index (χ0n) is 12.5. The third-order valence-corrected chi connectivity index (χ3v) is 4.59. The fourth-order valence-electron chi connectivity index (χ4n) is 2.50. The van der Waals surface area contributed by atoms with E-state index in [1.807, 2.05) is 28.9 Å². The molecule has 0 unspecified atom stereocenters. The number of hydrogen-bond acceptors (Lipinski definition) is 4. The van der Waals surface area contributed by atoms with Gasteiger partial charge in [0.05, 0.1) is 10.4 Å². The summed E-state index contributed by atoms with van der Waals surface area (Å²) in [6.07, 6.45) is 2.76. The Morgan fingerprint density at radius 1 is 1.00 bits per heavy atom. The van der Waals surface area contributed by atoms with Gasteiger partial charge >= 0.3 is 0 Å². The number of aromatic nitrogens is 3. The minimum absolute atomic E-state index is 0.0738. The fraction of sp³-hybridized carbons (Fsp3) is 0.250. The van der Waals surface area contributed by atoms with Gasteiger partial charge in [0.1, 0.15) is 5.52 Å². The molecule has 1 heterocycles. The summed E-state index contributed by atoms with van der Waals surface area (Å²) in [7, 11) is -4.11. The molecule has 0 bridgehead atoms. The minimum atomic E-state index is -4.11. The molecule has 1 aromatic heterocycles. The van der Waals surface area contributed by atoms with E-state index in [1.54, 1.807) is 12.1 Å². The Morgan fingerprint density at radius 2 is 1.74 bits per heavy atom. The SMILES string of the molecule is O=S(=O)(O)c1ccc(CCCCn2nnc3ccccc32)cc1. The standard InChI is InChI=1S/C16H17N3O3S/c20-23(21,22)14-10-8-13(9-11-14)5-3-4-12-19-16-7-2-1-6-15(16)17-18-19/h1-2,6-11H,3-5,12H2,(H,20,21,22). The van der Waals surface area contributed by atoms with E-state index >= 15 is 0 Å². The first kappa shape index (κ1) is 15.6. The molecular formula is C16H17N3O3S. The average Bonchev–Trinajstić information content (AvgIpc) is 2.94. The molecule has 0 aliphatic carbocycles. The largest absolute Gasteiger partial charge is 0.294 e. The van der Waals surface area contributed by atoms with Gasteiger partial charge in [0.2, 0.25) is 0 Å². The molecule has 6 nitrogen and oxygen atoms in total. The molecule has 0 aliphatic heterocycles. The molecule has 0 atom stereocenters. The van der Waals surface area contributed by atoms with Crippen LogP contribution in [0.1, 0.15) is 18.4 Å². The van der Waals surface area contributed by atoms with Crippen LogP contribution in [0.4, 0.5) is 0 Å². The zero-order chi connectivity index (χ0) is 16.3. The lowest BCUT2D eigenvalue weighted by Gasteiger charge is -2.04. The molecule has 0 aliphatic rings. The first-order valence-electron chi connectivity index (χ1n) is 7.39. The summed E-state index contributed by atoms with van der Waals surface area (Å²) in [5.74, 6) is 0. The molecule has 0 radical (unpaired) electrons. The highest BCUT2D eigenvalue weighted by molar-refractivity contribution is 7.85. The highest BCUT2D eigenvalue weighted by atomic mass is 32.2. The monoisotopic (exact) mass is 331 g/mol. The summed E-state index contributed by atoms with van der Waals surface area (Å²) in [6, 6.07) is 14.2. The van der Waals surface area contributed by atoms with Gasteiger partial charge in [0.15, 0.2) is 0 Å². The van der Waals surface area contributed by atoms with Crippen molar-refractivity contribution in [2.45, 2.75) is 30.7 Å². The molecule has 7 heteroatoms. The van der Waals surface area contributed by atoms with Gasteiger partial charge in [-0.15, -0.1) is 5.10 Å². The Hall–Kier alpha value is -2.25. The van der Waals surface area contributed by atoms with Gasteiger partial charge in [-0.05, 0) is 49.1 Å². The van der Waals surface area contributed by atoms with Gasteiger partial charge in [0, 0.05) is 6.54 Å². The lowest BCUT2D eigenvalue weighted by atomic mass is 10.1. The van der Waals surface area contributed by atoms with Crippen LogP contribution in [0, 0.1) is 0 Å². The Balaban J connectivity index is 1.54. The smallest absolute Gasteiger partial charge is 0.282 e. The van der Waals surface area contributed by atoms with Crippen LogP contribution in [0.2, 0.25) is 0 Å². The van der Waals surface area contributed by atoms with Crippen molar-refractivity contribution in [3.05, 3.63) is 54.1 Å². The molecule has 0 spiro atoms. The van der Waals surface area contributed by atoms with E-state index in [-0.39, 0.29) is 4.90 Å². The molecule has 0 saturated heterocycles. The number of unbranched alkanes of at least 4 members (excludes halogenated alkanes) is 1. The summed E-state index contributed by atoms with van der Waals surface area (Å²) < 4.78 is 32.8. The van der Waals surface area contributed by atoms with Crippen LogP contribution in [-0.4, -0.2) is 28.0 Å². The number of nitrogens with zero attached hydrogens (tertiary/aromatic N) is 3. The Bertz CT molecular complexity index is 902. The molecule has 2 aromatic carbocycles. The van der Waals surface area contributed by atoms with E-state index in [1.165, 1.54) is 12.1 Å². The second-order valence-corrected chi connectivity index (χ2v) is 6.80. The van der Waals surface area contributed by atoms with Gasteiger partial charge in [-0.3, -0.25) is 4.55 Å². The molecule has 23 heavy (non-hydrogen) atoms. The van der Waals surface area contributed by atoms with Gasteiger partial charge in [-0.2, -0.15) is 8.42 Å².